The van der Waals surface area contributed by atoms with Crippen molar-refractivity contribution in [3.63, 3.8) is 0 Å². The molecule has 0 saturated carbocycles. The average Bonchev–Trinajstić information content (AvgIpc) is 2.97. The third-order valence-electron chi connectivity index (χ3n) is 4.53. The van der Waals surface area contributed by atoms with Gasteiger partial charge in [0.25, 0.3) is 5.91 Å². The van der Waals surface area contributed by atoms with Crippen molar-refractivity contribution < 1.29 is 4.79 Å². The number of likely N-dealkylation sites (tertiary alicyclic amines) is 1. The van der Waals surface area contributed by atoms with Crippen LogP contribution in [0.3, 0.4) is 0 Å². The Bertz CT molecular complexity index is 648. The maximum atomic E-state index is 12.8. The second-order valence-electron chi connectivity index (χ2n) is 5.96. The molecule has 1 aromatic heterocycles. The minimum absolute atomic E-state index is 0.0735. The zero-order chi connectivity index (χ0) is 15.5. The molecule has 1 amide bonds. The maximum absolute atomic E-state index is 12.8. The molecule has 4 nitrogen and oxygen atoms in total. The number of rotatable bonds is 3. The van der Waals surface area contributed by atoms with E-state index in [0.29, 0.717) is 11.7 Å². The van der Waals surface area contributed by atoms with E-state index in [1.165, 1.54) is 6.42 Å². The van der Waals surface area contributed by atoms with Gasteiger partial charge < -0.3 is 4.90 Å². The molecule has 1 aromatic carbocycles. The fourth-order valence-corrected chi connectivity index (χ4v) is 3.29. The van der Waals surface area contributed by atoms with Crippen LogP contribution in [0, 0.1) is 0 Å². The van der Waals surface area contributed by atoms with Crippen molar-refractivity contribution in [3.05, 3.63) is 42.1 Å². The molecule has 0 bridgehead atoms. The van der Waals surface area contributed by atoms with Crippen LogP contribution in [0.2, 0.25) is 0 Å². The Labute approximate surface area is 131 Å². The lowest BCUT2D eigenvalue weighted by Gasteiger charge is -2.34. The van der Waals surface area contributed by atoms with Crippen LogP contribution in [0.1, 0.15) is 43.1 Å². The third-order valence-corrected chi connectivity index (χ3v) is 4.53. The SMILES string of the molecule is CCC1CCCCN1C(=O)c1cc(-c2ccccc2)n(C)n1. The van der Waals surface area contributed by atoms with E-state index in [4.69, 9.17) is 0 Å². The van der Waals surface area contributed by atoms with Gasteiger partial charge in [-0.3, -0.25) is 9.48 Å². The summed E-state index contributed by atoms with van der Waals surface area (Å²) in [6.45, 7) is 3.01. The molecule has 3 rings (SSSR count). The molecule has 0 radical (unpaired) electrons. The van der Waals surface area contributed by atoms with Gasteiger partial charge in [0.1, 0.15) is 0 Å². The molecule has 2 aromatic rings. The summed E-state index contributed by atoms with van der Waals surface area (Å²) >= 11 is 0. The number of amides is 1. The molecular weight excluding hydrogens is 274 g/mol. The van der Waals surface area contributed by atoms with E-state index in [1.54, 1.807) is 4.68 Å². The summed E-state index contributed by atoms with van der Waals surface area (Å²) in [5.74, 6) is 0.0735. The standard InChI is InChI=1S/C18H23N3O/c1-3-15-11-7-8-12-21(15)18(22)16-13-17(20(2)19-16)14-9-5-4-6-10-14/h4-6,9-10,13,15H,3,7-8,11-12H2,1-2H3. The molecule has 0 aliphatic carbocycles. The molecule has 1 saturated heterocycles. The highest BCUT2D eigenvalue weighted by molar-refractivity contribution is 5.93. The van der Waals surface area contributed by atoms with Crippen LogP contribution in [-0.4, -0.2) is 33.2 Å². The van der Waals surface area contributed by atoms with E-state index in [2.05, 4.69) is 12.0 Å². The van der Waals surface area contributed by atoms with E-state index < -0.39 is 0 Å². The Kier molecular flexibility index (Phi) is 4.27. The Balaban J connectivity index is 1.88. The van der Waals surface area contributed by atoms with Crippen LogP contribution in [0.5, 0.6) is 0 Å². The molecule has 1 atom stereocenters. The van der Waals surface area contributed by atoms with Gasteiger partial charge in [-0.15, -0.1) is 0 Å². The first-order chi connectivity index (χ1) is 10.7. The second-order valence-corrected chi connectivity index (χ2v) is 5.96. The number of hydrogen-bond donors (Lipinski definition) is 0. The van der Waals surface area contributed by atoms with Gasteiger partial charge in [0.05, 0.1) is 5.69 Å². The highest BCUT2D eigenvalue weighted by atomic mass is 16.2. The summed E-state index contributed by atoms with van der Waals surface area (Å²) < 4.78 is 1.80. The van der Waals surface area contributed by atoms with Gasteiger partial charge in [0.15, 0.2) is 5.69 Å². The molecule has 0 N–H and O–H groups in total. The van der Waals surface area contributed by atoms with Gasteiger partial charge >= 0.3 is 0 Å². The molecule has 1 unspecified atom stereocenters. The van der Waals surface area contributed by atoms with Gasteiger partial charge in [0.2, 0.25) is 0 Å². The monoisotopic (exact) mass is 297 g/mol. The molecular formula is C18H23N3O. The predicted octanol–water partition coefficient (Wildman–Crippen LogP) is 3.49. The van der Waals surface area contributed by atoms with Crippen molar-refractivity contribution in [2.45, 2.75) is 38.6 Å². The number of piperidine rings is 1. The van der Waals surface area contributed by atoms with Crippen molar-refractivity contribution >= 4 is 5.91 Å². The van der Waals surface area contributed by atoms with Crippen molar-refractivity contribution in [3.8, 4) is 11.3 Å². The number of carbonyl (C=O) groups excluding carboxylic acids is 1. The van der Waals surface area contributed by atoms with Gasteiger partial charge in [-0.2, -0.15) is 5.10 Å². The lowest BCUT2D eigenvalue weighted by atomic mass is 9.99. The Hall–Kier alpha value is -2.10. The number of aryl methyl sites for hydroxylation is 1. The number of hydrogen-bond acceptors (Lipinski definition) is 2. The number of aromatic nitrogens is 2. The molecule has 22 heavy (non-hydrogen) atoms. The lowest BCUT2D eigenvalue weighted by molar-refractivity contribution is 0.0601. The van der Waals surface area contributed by atoms with Gasteiger partial charge in [-0.05, 0) is 37.3 Å². The van der Waals surface area contributed by atoms with Crippen molar-refractivity contribution in [2.75, 3.05) is 6.54 Å². The smallest absolute Gasteiger partial charge is 0.274 e. The molecule has 1 aliphatic heterocycles. The minimum Gasteiger partial charge on any atom is -0.334 e. The molecule has 1 fully saturated rings. The molecule has 0 spiro atoms. The molecule has 1 aliphatic rings. The summed E-state index contributed by atoms with van der Waals surface area (Å²) in [4.78, 5) is 14.8. The Morgan fingerprint density at radius 1 is 1.27 bits per heavy atom. The third kappa shape index (κ3) is 2.78. The molecule has 4 heteroatoms. The number of carbonyl (C=O) groups is 1. The van der Waals surface area contributed by atoms with Crippen LogP contribution in [-0.2, 0) is 7.05 Å². The van der Waals surface area contributed by atoms with Crippen molar-refractivity contribution in [1.82, 2.24) is 14.7 Å². The topological polar surface area (TPSA) is 38.1 Å². The Morgan fingerprint density at radius 2 is 2.05 bits per heavy atom. The van der Waals surface area contributed by atoms with E-state index in [1.807, 2.05) is 48.3 Å². The minimum atomic E-state index is 0.0735. The number of benzene rings is 1. The van der Waals surface area contributed by atoms with Crippen LogP contribution < -0.4 is 0 Å². The van der Waals surface area contributed by atoms with Gasteiger partial charge in [0, 0.05) is 19.6 Å². The lowest BCUT2D eigenvalue weighted by Crippen LogP contribution is -2.43. The first-order valence-electron chi connectivity index (χ1n) is 8.11. The van der Waals surface area contributed by atoms with Gasteiger partial charge in [-0.25, -0.2) is 0 Å². The van der Waals surface area contributed by atoms with Crippen LogP contribution in [0.15, 0.2) is 36.4 Å². The van der Waals surface area contributed by atoms with E-state index in [9.17, 15) is 4.79 Å². The predicted molar refractivity (Wildman–Crippen MR) is 87.6 cm³/mol. The Morgan fingerprint density at radius 3 is 2.77 bits per heavy atom. The van der Waals surface area contributed by atoms with Gasteiger partial charge in [-0.1, -0.05) is 37.3 Å². The first kappa shape index (κ1) is 14.8. The average molecular weight is 297 g/mol. The summed E-state index contributed by atoms with van der Waals surface area (Å²) in [6.07, 6.45) is 4.45. The van der Waals surface area contributed by atoms with E-state index in [-0.39, 0.29) is 5.91 Å². The normalized spacial score (nSPS) is 18.5. The van der Waals surface area contributed by atoms with E-state index >= 15 is 0 Å². The largest absolute Gasteiger partial charge is 0.334 e. The van der Waals surface area contributed by atoms with Crippen LogP contribution in [0.4, 0.5) is 0 Å². The van der Waals surface area contributed by atoms with E-state index in [0.717, 1.165) is 37.1 Å². The first-order valence-corrected chi connectivity index (χ1v) is 8.11. The van der Waals surface area contributed by atoms with Crippen molar-refractivity contribution in [1.29, 1.82) is 0 Å². The molecule has 116 valence electrons. The van der Waals surface area contributed by atoms with Crippen LogP contribution >= 0.6 is 0 Å². The summed E-state index contributed by atoms with van der Waals surface area (Å²) in [6, 6.07) is 12.4. The second kappa shape index (κ2) is 6.34. The highest BCUT2D eigenvalue weighted by Gasteiger charge is 2.28. The summed E-state index contributed by atoms with van der Waals surface area (Å²) in [5.41, 5.74) is 2.62. The van der Waals surface area contributed by atoms with Crippen LogP contribution in [0.25, 0.3) is 11.3 Å². The zero-order valence-electron chi connectivity index (χ0n) is 13.3. The zero-order valence-corrected chi connectivity index (χ0v) is 13.3. The fourth-order valence-electron chi connectivity index (χ4n) is 3.29. The summed E-state index contributed by atoms with van der Waals surface area (Å²) in [5, 5.41) is 4.46. The fraction of sp³-hybridized carbons (Fsp3) is 0.444. The molecule has 2 heterocycles. The quantitative estimate of drug-likeness (QED) is 0.869. The highest BCUT2D eigenvalue weighted by Crippen LogP contribution is 2.24. The maximum Gasteiger partial charge on any atom is 0.274 e. The number of nitrogens with zero attached hydrogens (tertiary/aromatic N) is 3. The summed E-state index contributed by atoms with van der Waals surface area (Å²) in [7, 11) is 1.90. The van der Waals surface area contributed by atoms with Crippen molar-refractivity contribution in [2.24, 2.45) is 7.05 Å².